The van der Waals surface area contributed by atoms with Gasteiger partial charge < -0.3 is 5.11 Å². The zero-order valence-electron chi connectivity index (χ0n) is 9.34. The Morgan fingerprint density at radius 3 is 2.71 bits per heavy atom. The second kappa shape index (κ2) is 4.27. The number of aliphatic carboxylic acids is 1. The van der Waals surface area contributed by atoms with Crippen LogP contribution in [0.2, 0.25) is 5.02 Å². The summed E-state index contributed by atoms with van der Waals surface area (Å²) in [6, 6.07) is 4.22. The quantitative estimate of drug-likeness (QED) is 0.871. The fourth-order valence-corrected chi connectivity index (χ4v) is 1.89. The molecule has 1 unspecified atom stereocenters. The van der Waals surface area contributed by atoms with Crippen LogP contribution in [0.25, 0.3) is 0 Å². The number of carboxylic acid groups (broad SMARTS) is 1. The molecule has 2 rings (SSSR count). The van der Waals surface area contributed by atoms with Crippen LogP contribution < -0.4 is 5.32 Å². The maximum Gasteiger partial charge on any atom is 0.328 e. The molecular weight excluding hydrogens is 245 g/mol. The molecule has 92 valence electrons. The van der Waals surface area contributed by atoms with E-state index in [9.17, 15) is 14.3 Å². The summed E-state index contributed by atoms with van der Waals surface area (Å²) in [6.07, 6.45) is 1.94. The molecule has 2 N–H and O–H groups in total. The van der Waals surface area contributed by atoms with E-state index in [-0.39, 0.29) is 11.1 Å². The minimum absolute atomic E-state index is 0.0624. The van der Waals surface area contributed by atoms with Crippen LogP contribution in [0.4, 0.5) is 4.39 Å². The molecule has 1 fully saturated rings. The number of hydrogen-bond acceptors (Lipinski definition) is 2. The van der Waals surface area contributed by atoms with Crippen molar-refractivity contribution in [2.24, 2.45) is 0 Å². The second-order valence-corrected chi connectivity index (χ2v) is 4.88. The first-order valence-corrected chi connectivity index (χ1v) is 5.78. The van der Waals surface area contributed by atoms with Crippen molar-refractivity contribution >= 4 is 17.6 Å². The van der Waals surface area contributed by atoms with Gasteiger partial charge in [-0.3, -0.25) is 5.32 Å². The van der Waals surface area contributed by atoms with Crippen LogP contribution >= 0.6 is 11.6 Å². The van der Waals surface area contributed by atoms with Gasteiger partial charge in [0.2, 0.25) is 0 Å². The van der Waals surface area contributed by atoms with E-state index in [1.807, 2.05) is 0 Å². The van der Waals surface area contributed by atoms with Crippen molar-refractivity contribution in [3.63, 3.8) is 0 Å². The number of nitrogens with one attached hydrogen (secondary N) is 1. The standard InChI is InChI=1S/C12H13ClFNO2/c1-12(11(16)17,15-8-3-4-8)7-2-5-10(14)9(13)6-7/h2,5-6,8,15H,3-4H2,1H3,(H,16,17). The highest BCUT2D eigenvalue weighted by Crippen LogP contribution is 2.30. The first kappa shape index (κ1) is 12.3. The third-order valence-electron chi connectivity index (χ3n) is 2.99. The molecule has 1 saturated carbocycles. The van der Waals surface area contributed by atoms with Crippen LogP contribution in [0.5, 0.6) is 0 Å². The molecular formula is C12H13ClFNO2. The second-order valence-electron chi connectivity index (χ2n) is 4.48. The van der Waals surface area contributed by atoms with E-state index in [2.05, 4.69) is 5.32 Å². The fraction of sp³-hybridized carbons (Fsp3) is 0.417. The Hall–Kier alpha value is -1.13. The van der Waals surface area contributed by atoms with E-state index in [4.69, 9.17) is 11.6 Å². The Labute approximate surface area is 104 Å². The van der Waals surface area contributed by atoms with Gasteiger partial charge in [-0.15, -0.1) is 0 Å². The Bertz CT molecular complexity index is 462. The Morgan fingerprint density at radius 1 is 1.59 bits per heavy atom. The summed E-state index contributed by atoms with van der Waals surface area (Å²) in [4.78, 5) is 11.4. The van der Waals surface area contributed by atoms with Crippen LogP contribution in [0.3, 0.4) is 0 Å². The molecule has 0 radical (unpaired) electrons. The summed E-state index contributed by atoms with van der Waals surface area (Å²) in [5.41, 5.74) is -0.762. The molecule has 1 aromatic carbocycles. The maximum absolute atomic E-state index is 13.1. The predicted molar refractivity (Wildman–Crippen MR) is 62.6 cm³/mol. The number of carboxylic acids is 1. The topological polar surface area (TPSA) is 49.3 Å². The lowest BCUT2D eigenvalue weighted by atomic mass is 9.92. The van der Waals surface area contributed by atoms with Gasteiger partial charge in [-0.05, 0) is 37.5 Å². The van der Waals surface area contributed by atoms with Crippen LogP contribution in [0, 0.1) is 5.82 Å². The molecule has 0 saturated heterocycles. The molecule has 0 aromatic heterocycles. The van der Waals surface area contributed by atoms with Gasteiger partial charge in [0.25, 0.3) is 0 Å². The molecule has 1 aliphatic carbocycles. The SMILES string of the molecule is CC(NC1CC1)(C(=O)O)c1ccc(F)c(Cl)c1. The van der Waals surface area contributed by atoms with E-state index in [1.54, 1.807) is 6.92 Å². The van der Waals surface area contributed by atoms with E-state index < -0.39 is 17.3 Å². The number of rotatable bonds is 4. The molecule has 1 aromatic rings. The smallest absolute Gasteiger partial charge is 0.328 e. The molecule has 0 spiro atoms. The minimum atomic E-state index is -1.22. The summed E-state index contributed by atoms with van der Waals surface area (Å²) < 4.78 is 13.1. The molecule has 5 heteroatoms. The van der Waals surface area contributed by atoms with Crippen molar-refractivity contribution in [3.05, 3.63) is 34.6 Å². The highest BCUT2D eigenvalue weighted by molar-refractivity contribution is 6.30. The number of hydrogen-bond donors (Lipinski definition) is 2. The number of benzene rings is 1. The van der Waals surface area contributed by atoms with Crippen molar-refractivity contribution in [1.82, 2.24) is 5.32 Å². The Kier molecular flexibility index (Phi) is 3.10. The van der Waals surface area contributed by atoms with E-state index in [0.29, 0.717) is 5.56 Å². The van der Waals surface area contributed by atoms with E-state index >= 15 is 0 Å². The molecule has 0 aliphatic heterocycles. The molecule has 1 aliphatic rings. The van der Waals surface area contributed by atoms with Crippen LogP contribution in [-0.4, -0.2) is 17.1 Å². The van der Waals surface area contributed by atoms with Crippen LogP contribution in [0.1, 0.15) is 25.3 Å². The largest absolute Gasteiger partial charge is 0.480 e. The van der Waals surface area contributed by atoms with Gasteiger partial charge in [-0.1, -0.05) is 17.7 Å². The van der Waals surface area contributed by atoms with Crippen molar-refractivity contribution in [2.75, 3.05) is 0 Å². The Morgan fingerprint density at radius 2 is 2.24 bits per heavy atom. The average molecular weight is 258 g/mol. The Balaban J connectivity index is 2.36. The van der Waals surface area contributed by atoms with Gasteiger partial charge >= 0.3 is 5.97 Å². The molecule has 1 atom stereocenters. The highest BCUT2D eigenvalue weighted by Gasteiger charge is 2.40. The van der Waals surface area contributed by atoms with Crippen molar-refractivity contribution in [3.8, 4) is 0 Å². The average Bonchev–Trinajstić information content (AvgIpc) is 3.05. The number of halogens is 2. The van der Waals surface area contributed by atoms with Crippen molar-refractivity contribution in [1.29, 1.82) is 0 Å². The first-order chi connectivity index (χ1) is 7.93. The lowest BCUT2D eigenvalue weighted by Crippen LogP contribution is -2.47. The highest BCUT2D eigenvalue weighted by atomic mass is 35.5. The van der Waals surface area contributed by atoms with Gasteiger partial charge in [0.05, 0.1) is 5.02 Å². The lowest BCUT2D eigenvalue weighted by Gasteiger charge is -2.27. The summed E-state index contributed by atoms with van der Waals surface area (Å²) in [5, 5.41) is 12.3. The van der Waals surface area contributed by atoms with Crippen LogP contribution in [0.15, 0.2) is 18.2 Å². The van der Waals surface area contributed by atoms with E-state index in [1.165, 1.54) is 18.2 Å². The summed E-state index contributed by atoms with van der Waals surface area (Å²) >= 11 is 5.68. The van der Waals surface area contributed by atoms with Crippen molar-refractivity contribution < 1.29 is 14.3 Å². The molecule has 17 heavy (non-hydrogen) atoms. The third-order valence-corrected chi connectivity index (χ3v) is 3.28. The fourth-order valence-electron chi connectivity index (χ4n) is 1.71. The zero-order chi connectivity index (χ0) is 12.6. The van der Waals surface area contributed by atoms with Gasteiger partial charge in [-0.25, -0.2) is 9.18 Å². The van der Waals surface area contributed by atoms with E-state index in [0.717, 1.165) is 12.8 Å². The van der Waals surface area contributed by atoms with Gasteiger partial charge in [-0.2, -0.15) is 0 Å². The summed E-state index contributed by atoms with van der Waals surface area (Å²) in [7, 11) is 0. The van der Waals surface area contributed by atoms with Crippen molar-refractivity contribution in [2.45, 2.75) is 31.3 Å². The maximum atomic E-state index is 13.1. The molecule has 0 bridgehead atoms. The van der Waals surface area contributed by atoms with Crippen LogP contribution in [-0.2, 0) is 10.3 Å². The van der Waals surface area contributed by atoms with Gasteiger partial charge in [0.1, 0.15) is 11.4 Å². The summed E-state index contributed by atoms with van der Waals surface area (Å²) in [6.45, 7) is 1.57. The van der Waals surface area contributed by atoms with Gasteiger partial charge in [0.15, 0.2) is 0 Å². The number of carbonyl (C=O) groups is 1. The zero-order valence-corrected chi connectivity index (χ0v) is 10.1. The lowest BCUT2D eigenvalue weighted by molar-refractivity contribution is -0.144. The third kappa shape index (κ3) is 2.42. The summed E-state index contributed by atoms with van der Waals surface area (Å²) in [5.74, 6) is -1.54. The first-order valence-electron chi connectivity index (χ1n) is 5.40. The molecule has 3 nitrogen and oxygen atoms in total. The monoisotopic (exact) mass is 257 g/mol. The predicted octanol–water partition coefficient (Wildman–Crippen LogP) is 2.53. The van der Waals surface area contributed by atoms with Gasteiger partial charge in [0, 0.05) is 6.04 Å². The minimum Gasteiger partial charge on any atom is -0.480 e. The normalized spacial score (nSPS) is 18.8. The molecule has 0 amide bonds. The molecule has 0 heterocycles.